The number of hydrogen-bond acceptors (Lipinski definition) is 3. The lowest BCUT2D eigenvalue weighted by atomic mass is 9.92. The minimum absolute atomic E-state index is 0.0338. The molecule has 1 amide bonds. The van der Waals surface area contributed by atoms with Gasteiger partial charge in [0.05, 0.1) is 0 Å². The molecule has 192 valence electrons. The highest BCUT2D eigenvalue weighted by Gasteiger charge is 2.38. The van der Waals surface area contributed by atoms with Gasteiger partial charge in [0, 0.05) is 30.9 Å². The quantitative estimate of drug-likeness (QED) is 0.451. The predicted octanol–water partition coefficient (Wildman–Crippen LogP) is 7.10. The molecule has 0 bridgehead atoms. The summed E-state index contributed by atoms with van der Waals surface area (Å²) in [5, 5.41) is 3.03. The molecule has 35 heavy (non-hydrogen) atoms. The topological polar surface area (TPSA) is 41.6 Å². The van der Waals surface area contributed by atoms with Crippen LogP contribution in [0.25, 0.3) is 0 Å². The lowest BCUT2D eigenvalue weighted by Crippen LogP contribution is -2.31. The van der Waals surface area contributed by atoms with Crippen molar-refractivity contribution in [1.82, 2.24) is 0 Å². The summed E-state index contributed by atoms with van der Waals surface area (Å²) >= 11 is 0. The van der Waals surface area contributed by atoms with Gasteiger partial charge in [-0.2, -0.15) is 13.2 Å². The highest BCUT2D eigenvalue weighted by Crippen LogP contribution is 2.34. The number of benzene rings is 2. The van der Waals surface area contributed by atoms with Crippen molar-refractivity contribution in [2.75, 3.05) is 16.8 Å². The Hall–Kier alpha value is -2.77. The molecule has 8 heteroatoms. The Bertz CT molecular complexity index is 1070. The largest absolute Gasteiger partial charge is 0.478 e. The molecule has 1 heterocycles. The third-order valence-corrected chi connectivity index (χ3v) is 6.09. The second-order valence-corrected chi connectivity index (χ2v) is 10.6. The van der Waals surface area contributed by atoms with Gasteiger partial charge in [-0.1, -0.05) is 20.8 Å². The zero-order valence-corrected chi connectivity index (χ0v) is 21.2. The van der Waals surface area contributed by atoms with Gasteiger partial charge in [0.1, 0.15) is 0 Å². The van der Waals surface area contributed by atoms with E-state index in [1.807, 2.05) is 46.8 Å². The van der Waals surface area contributed by atoms with Crippen molar-refractivity contribution in [3.63, 3.8) is 0 Å². The van der Waals surface area contributed by atoms with Gasteiger partial charge in [0.15, 0.2) is 17.7 Å². The number of ether oxygens (including phenoxy) is 1. The number of hydrogen-bond donors (Lipinski definition) is 1. The second-order valence-electron chi connectivity index (χ2n) is 10.6. The number of anilines is 2. The summed E-state index contributed by atoms with van der Waals surface area (Å²) in [6.45, 7) is 11.9. The molecule has 0 saturated heterocycles. The highest BCUT2D eigenvalue weighted by molar-refractivity contribution is 5.93. The van der Waals surface area contributed by atoms with Gasteiger partial charge in [-0.15, -0.1) is 0 Å². The zero-order chi connectivity index (χ0) is 26.1. The molecule has 1 aliphatic heterocycles. The summed E-state index contributed by atoms with van der Waals surface area (Å²) in [4.78, 5) is 14.6. The van der Waals surface area contributed by atoms with E-state index < -0.39 is 18.1 Å². The van der Waals surface area contributed by atoms with E-state index in [0.29, 0.717) is 25.9 Å². The molecule has 0 fully saturated rings. The van der Waals surface area contributed by atoms with Crippen molar-refractivity contribution in [2.24, 2.45) is 5.41 Å². The molecule has 2 aromatic carbocycles. The van der Waals surface area contributed by atoms with Crippen LogP contribution in [0.2, 0.25) is 0 Å². The Morgan fingerprint density at radius 2 is 1.71 bits per heavy atom. The van der Waals surface area contributed by atoms with Crippen LogP contribution in [0.5, 0.6) is 5.75 Å². The first-order valence-corrected chi connectivity index (χ1v) is 11.8. The smallest absolute Gasteiger partial charge is 0.425 e. The minimum Gasteiger partial charge on any atom is -0.478 e. The van der Waals surface area contributed by atoms with E-state index in [1.165, 1.54) is 12.1 Å². The monoisotopic (exact) mass is 494 g/mol. The molecular weight excluding hydrogens is 460 g/mol. The molecule has 0 aromatic heterocycles. The summed E-state index contributed by atoms with van der Waals surface area (Å²) < 4.78 is 58.1. The van der Waals surface area contributed by atoms with Gasteiger partial charge < -0.3 is 15.0 Å². The number of rotatable bonds is 5. The lowest BCUT2D eigenvalue weighted by Gasteiger charge is -2.26. The number of carbonyl (C=O) groups is 1. The molecule has 3 rings (SSSR count). The predicted molar refractivity (Wildman–Crippen MR) is 131 cm³/mol. The lowest BCUT2D eigenvalue weighted by molar-refractivity contribution is -0.189. The molecule has 2 aromatic rings. The van der Waals surface area contributed by atoms with E-state index in [9.17, 15) is 22.4 Å². The van der Waals surface area contributed by atoms with Crippen LogP contribution in [0.15, 0.2) is 24.3 Å². The summed E-state index contributed by atoms with van der Waals surface area (Å²) in [6, 6.07) is 6.70. The maximum absolute atomic E-state index is 14.7. The third kappa shape index (κ3) is 6.89. The fraction of sp³-hybridized carbons (Fsp3) is 0.519. The highest BCUT2D eigenvalue weighted by atomic mass is 19.4. The first-order chi connectivity index (χ1) is 16.1. The van der Waals surface area contributed by atoms with Crippen molar-refractivity contribution < 1.29 is 27.1 Å². The fourth-order valence-electron chi connectivity index (χ4n) is 4.32. The van der Waals surface area contributed by atoms with Crippen molar-refractivity contribution in [1.29, 1.82) is 0 Å². The minimum atomic E-state index is -4.57. The Morgan fingerprint density at radius 1 is 1.09 bits per heavy atom. The molecule has 1 atom stereocenters. The number of carbonyl (C=O) groups excluding carboxylic acids is 1. The maximum Gasteiger partial charge on any atom is 0.425 e. The Morgan fingerprint density at radius 3 is 2.29 bits per heavy atom. The molecule has 0 aliphatic carbocycles. The normalized spacial score (nSPS) is 15.3. The number of alkyl halides is 3. The van der Waals surface area contributed by atoms with E-state index in [4.69, 9.17) is 4.74 Å². The van der Waals surface area contributed by atoms with E-state index in [0.717, 1.165) is 47.0 Å². The van der Waals surface area contributed by atoms with E-state index in [-0.39, 0.29) is 17.1 Å². The van der Waals surface area contributed by atoms with Gasteiger partial charge >= 0.3 is 6.18 Å². The van der Waals surface area contributed by atoms with Crippen LogP contribution in [-0.2, 0) is 17.8 Å². The molecule has 1 aliphatic rings. The maximum atomic E-state index is 14.7. The first kappa shape index (κ1) is 26.8. The Kier molecular flexibility index (Phi) is 7.72. The van der Waals surface area contributed by atoms with Crippen LogP contribution in [-0.4, -0.2) is 24.7 Å². The van der Waals surface area contributed by atoms with Gasteiger partial charge in [0.25, 0.3) is 0 Å². The van der Waals surface area contributed by atoms with Gasteiger partial charge in [-0.25, -0.2) is 4.39 Å². The van der Waals surface area contributed by atoms with Crippen molar-refractivity contribution in [2.45, 2.75) is 79.6 Å². The third-order valence-electron chi connectivity index (χ3n) is 6.09. The molecular formula is C27H34F4N2O2. The van der Waals surface area contributed by atoms with Crippen molar-refractivity contribution in [3.8, 4) is 5.75 Å². The summed E-state index contributed by atoms with van der Waals surface area (Å²) in [6.07, 6.45) is -4.87. The first-order valence-electron chi connectivity index (χ1n) is 11.8. The second kappa shape index (κ2) is 10.1. The molecule has 4 nitrogen and oxygen atoms in total. The average molecular weight is 495 g/mol. The van der Waals surface area contributed by atoms with Gasteiger partial charge in [0.2, 0.25) is 5.91 Å². The van der Waals surface area contributed by atoms with Crippen LogP contribution in [0.3, 0.4) is 0 Å². The number of halogens is 4. The molecule has 0 saturated carbocycles. The number of nitrogens with zero attached hydrogens (tertiary/aromatic N) is 1. The number of fused-ring (bicyclic) bond motifs is 1. The van der Waals surface area contributed by atoms with Crippen LogP contribution >= 0.6 is 0 Å². The van der Waals surface area contributed by atoms with Crippen LogP contribution in [0, 0.1) is 25.1 Å². The summed E-state index contributed by atoms with van der Waals surface area (Å²) in [5.41, 5.74) is 5.02. The zero-order valence-electron chi connectivity index (χ0n) is 21.2. The van der Waals surface area contributed by atoms with Crippen LogP contribution in [0.4, 0.5) is 28.9 Å². The number of aryl methyl sites for hydroxylation is 3. The van der Waals surface area contributed by atoms with E-state index in [2.05, 4.69) is 10.2 Å². The van der Waals surface area contributed by atoms with E-state index >= 15 is 0 Å². The SMILES string of the molecule is Cc1cc(N2CCCc3cc(OC(C)C(F)(F)F)c(F)cc3C2)cc(C)c1NC(=O)CC(C)(C)C. The average Bonchev–Trinajstić information content (AvgIpc) is 2.90. The summed E-state index contributed by atoms with van der Waals surface area (Å²) in [7, 11) is 0. The Balaban J connectivity index is 1.82. The van der Waals surface area contributed by atoms with Crippen LogP contribution in [0.1, 0.15) is 62.8 Å². The standard InChI is InChI=1S/C27H34F4N2O2/c1-16-10-21(11-17(2)25(16)32-24(34)14-26(4,5)6)33-9-7-8-19-13-23(22(28)12-20(19)15-33)35-18(3)27(29,30)31/h10-13,18H,7-9,14-15H2,1-6H3,(H,32,34). The van der Waals surface area contributed by atoms with Crippen molar-refractivity contribution >= 4 is 17.3 Å². The number of amides is 1. The van der Waals surface area contributed by atoms with Crippen molar-refractivity contribution in [3.05, 3.63) is 52.3 Å². The van der Waals surface area contributed by atoms with Gasteiger partial charge in [-0.3, -0.25) is 4.79 Å². The van der Waals surface area contributed by atoms with E-state index in [1.54, 1.807) is 0 Å². The van der Waals surface area contributed by atoms with Crippen LogP contribution < -0.4 is 15.0 Å². The fourth-order valence-corrected chi connectivity index (χ4v) is 4.32. The number of nitrogens with one attached hydrogen (secondary N) is 1. The summed E-state index contributed by atoms with van der Waals surface area (Å²) in [5.74, 6) is -1.21. The molecule has 0 radical (unpaired) electrons. The Labute approximate surface area is 204 Å². The van der Waals surface area contributed by atoms with Gasteiger partial charge in [-0.05, 0) is 85.5 Å². The molecule has 1 unspecified atom stereocenters. The molecule has 1 N–H and O–H groups in total. The molecule has 0 spiro atoms.